The van der Waals surface area contributed by atoms with Crippen LogP contribution in [0.4, 0.5) is 0 Å². The summed E-state index contributed by atoms with van der Waals surface area (Å²) in [5, 5.41) is 1.24. The lowest BCUT2D eigenvalue weighted by Crippen LogP contribution is -2.37. The highest BCUT2D eigenvalue weighted by Gasteiger charge is 2.15. The van der Waals surface area contributed by atoms with Gasteiger partial charge in [0, 0.05) is 38.3 Å². The minimum atomic E-state index is 0.726. The highest BCUT2D eigenvalue weighted by molar-refractivity contribution is 7.18. The molecule has 3 heterocycles. The zero-order valence-electron chi connectivity index (χ0n) is 14.3. The largest absolute Gasteiger partial charge is 0.379 e. The molecule has 0 radical (unpaired) electrons. The molecule has 0 spiro atoms. The van der Waals surface area contributed by atoms with Gasteiger partial charge in [0.1, 0.15) is 0 Å². The lowest BCUT2D eigenvalue weighted by Gasteiger charge is -2.25. The molecule has 24 heavy (non-hydrogen) atoms. The molecule has 128 valence electrons. The molecule has 0 amide bonds. The number of fused-ring (bicyclic) bond motifs is 1. The first-order valence-electron chi connectivity index (χ1n) is 9.01. The fraction of sp³-hybridized carbons (Fsp3) is 0.579. The van der Waals surface area contributed by atoms with Crippen molar-refractivity contribution in [1.29, 1.82) is 0 Å². The number of nitrogens with zero attached hydrogens (tertiary/aromatic N) is 3. The highest BCUT2D eigenvalue weighted by atomic mass is 32.1. The van der Waals surface area contributed by atoms with Crippen molar-refractivity contribution in [3.05, 3.63) is 28.8 Å². The van der Waals surface area contributed by atoms with Crippen molar-refractivity contribution < 1.29 is 4.74 Å². The van der Waals surface area contributed by atoms with Crippen molar-refractivity contribution in [1.82, 2.24) is 9.88 Å². The number of benzene rings is 1. The van der Waals surface area contributed by atoms with E-state index in [9.17, 15) is 0 Å². The summed E-state index contributed by atoms with van der Waals surface area (Å²) in [7, 11) is 0. The van der Waals surface area contributed by atoms with E-state index in [1.54, 1.807) is 0 Å². The van der Waals surface area contributed by atoms with Gasteiger partial charge in [0.2, 0.25) is 0 Å². The number of hydrogen-bond acceptors (Lipinski definition) is 5. The van der Waals surface area contributed by atoms with Crippen molar-refractivity contribution in [3.8, 4) is 0 Å². The van der Waals surface area contributed by atoms with Gasteiger partial charge in [0.25, 0.3) is 0 Å². The Morgan fingerprint density at radius 1 is 1.29 bits per heavy atom. The molecule has 2 aliphatic rings. The minimum Gasteiger partial charge on any atom is -0.379 e. The standard InChI is InChI=1S/C19H25N3OS/c1-14-2-4-16(20-13-14)15-3-5-18-17(12-15)21-19(24-18)6-7-22-8-10-23-11-9-22/h3,5,12,14H,2,4,6-11,13H2,1H3. The number of hydrogen-bond donors (Lipinski definition) is 0. The van der Waals surface area contributed by atoms with Gasteiger partial charge in [-0.1, -0.05) is 13.0 Å². The number of rotatable bonds is 4. The topological polar surface area (TPSA) is 37.7 Å². The molecule has 0 saturated carbocycles. The first-order valence-corrected chi connectivity index (χ1v) is 9.83. The molecule has 1 aromatic carbocycles. The van der Waals surface area contributed by atoms with Gasteiger partial charge in [-0.15, -0.1) is 11.3 Å². The molecule has 2 aliphatic heterocycles. The third-order valence-corrected chi connectivity index (χ3v) is 6.07. The lowest BCUT2D eigenvalue weighted by atomic mass is 9.96. The maximum Gasteiger partial charge on any atom is 0.0951 e. The van der Waals surface area contributed by atoms with Gasteiger partial charge in [0.05, 0.1) is 28.4 Å². The Morgan fingerprint density at radius 3 is 2.96 bits per heavy atom. The molecule has 2 aromatic rings. The highest BCUT2D eigenvalue weighted by Crippen LogP contribution is 2.26. The van der Waals surface area contributed by atoms with Crippen LogP contribution in [-0.2, 0) is 11.2 Å². The number of ether oxygens (including phenoxy) is 1. The molecule has 0 N–H and O–H groups in total. The summed E-state index contributed by atoms with van der Waals surface area (Å²) in [5.74, 6) is 0.726. The van der Waals surface area contributed by atoms with E-state index in [2.05, 4.69) is 30.0 Å². The smallest absolute Gasteiger partial charge is 0.0951 e. The SMILES string of the molecule is CC1CCC(c2ccc3sc(CCN4CCOCC4)nc3c2)=NC1. The fourth-order valence-electron chi connectivity index (χ4n) is 3.40. The van der Waals surface area contributed by atoms with Gasteiger partial charge in [-0.05, 0) is 36.5 Å². The Hall–Kier alpha value is -1.30. The van der Waals surface area contributed by atoms with Gasteiger partial charge in [0.15, 0.2) is 0 Å². The van der Waals surface area contributed by atoms with Gasteiger partial charge in [-0.25, -0.2) is 4.98 Å². The van der Waals surface area contributed by atoms with E-state index in [0.717, 1.165) is 63.7 Å². The second-order valence-electron chi connectivity index (χ2n) is 6.93. The number of aliphatic imine (C=N–C) groups is 1. The summed E-state index contributed by atoms with van der Waals surface area (Å²) in [6.45, 7) is 8.16. The normalized spacial score (nSPS) is 22.7. The van der Waals surface area contributed by atoms with Gasteiger partial charge in [-0.3, -0.25) is 9.89 Å². The van der Waals surface area contributed by atoms with E-state index in [-0.39, 0.29) is 0 Å². The second kappa shape index (κ2) is 7.30. The molecule has 4 nitrogen and oxygen atoms in total. The second-order valence-corrected chi connectivity index (χ2v) is 8.04. The fourth-order valence-corrected chi connectivity index (χ4v) is 4.33. The van der Waals surface area contributed by atoms with E-state index >= 15 is 0 Å². The van der Waals surface area contributed by atoms with Crippen LogP contribution in [0.1, 0.15) is 30.3 Å². The third kappa shape index (κ3) is 3.68. The molecule has 0 aliphatic carbocycles. The van der Waals surface area contributed by atoms with Crippen LogP contribution < -0.4 is 0 Å². The average Bonchev–Trinajstić information content (AvgIpc) is 3.03. The van der Waals surface area contributed by atoms with E-state index in [1.807, 2.05) is 11.3 Å². The minimum absolute atomic E-state index is 0.726. The Balaban J connectivity index is 1.46. The van der Waals surface area contributed by atoms with E-state index in [0.29, 0.717) is 0 Å². The molecule has 1 fully saturated rings. The van der Waals surface area contributed by atoms with Crippen LogP contribution in [0, 0.1) is 5.92 Å². The molecule has 4 rings (SSSR count). The predicted molar refractivity (Wildman–Crippen MR) is 100 cm³/mol. The van der Waals surface area contributed by atoms with Crippen LogP contribution in [0.2, 0.25) is 0 Å². The number of morpholine rings is 1. The van der Waals surface area contributed by atoms with Crippen LogP contribution >= 0.6 is 11.3 Å². The van der Waals surface area contributed by atoms with Crippen LogP contribution in [0.15, 0.2) is 23.2 Å². The molecule has 0 bridgehead atoms. The van der Waals surface area contributed by atoms with Gasteiger partial charge >= 0.3 is 0 Å². The average molecular weight is 343 g/mol. The van der Waals surface area contributed by atoms with Gasteiger partial charge in [-0.2, -0.15) is 0 Å². The van der Waals surface area contributed by atoms with Crippen molar-refractivity contribution in [3.63, 3.8) is 0 Å². The van der Waals surface area contributed by atoms with Crippen LogP contribution in [-0.4, -0.2) is 55.0 Å². The molecule has 1 unspecified atom stereocenters. The molecular formula is C19H25N3OS. The van der Waals surface area contributed by atoms with Crippen LogP contribution in [0.3, 0.4) is 0 Å². The predicted octanol–water partition coefficient (Wildman–Crippen LogP) is 3.39. The Labute approximate surface area is 147 Å². The Kier molecular flexibility index (Phi) is 4.92. The van der Waals surface area contributed by atoms with Crippen LogP contribution in [0.5, 0.6) is 0 Å². The van der Waals surface area contributed by atoms with Crippen LogP contribution in [0.25, 0.3) is 10.2 Å². The zero-order chi connectivity index (χ0) is 16.4. The lowest BCUT2D eigenvalue weighted by molar-refractivity contribution is 0.0384. The maximum absolute atomic E-state index is 5.41. The molecule has 5 heteroatoms. The van der Waals surface area contributed by atoms with Crippen molar-refractivity contribution >= 4 is 27.3 Å². The van der Waals surface area contributed by atoms with E-state index < -0.39 is 0 Å². The first kappa shape index (κ1) is 16.2. The monoisotopic (exact) mass is 343 g/mol. The molecule has 1 aromatic heterocycles. The summed E-state index contributed by atoms with van der Waals surface area (Å²) < 4.78 is 6.70. The maximum atomic E-state index is 5.41. The van der Waals surface area contributed by atoms with E-state index in [1.165, 1.54) is 27.4 Å². The summed E-state index contributed by atoms with van der Waals surface area (Å²) in [6, 6.07) is 6.68. The number of aromatic nitrogens is 1. The Bertz CT molecular complexity index is 733. The quantitative estimate of drug-likeness (QED) is 0.854. The van der Waals surface area contributed by atoms with Crippen molar-refractivity contribution in [2.45, 2.75) is 26.2 Å². The molecular weight excluding hydrogens is 318 g/mol. The van der Waals surface area contributed by atoms with Crippen molar-refractivity contribution in [2.75, 3.05) is 39.4 Å². The summed E-state index contributed by atoms with van der Waals surface area (Å²) in [5.41, 5.74) is 3.66. The first-order chi connectivity index (χ1) is 11.8. The van der Waals surface area contributed by atoms with E-state index in [4.69, 9.17) is 14.7 Å². The molecule has 1 atom stereocenters. The van der Waals surface area contributed by atoms with Gasteiger partial charge < -0.3 is 4.74 Å². The van der Waals surface area contributed by atoms with Crippen molar-refractivity contribution in [2.24, 2.45) is 10.9 Å². The summed E-state index contributed by atoms with van der Waals surface area (Å²) >= 11 is 1.83. The zero-order valence-corrected chi connectivity index (χ0v) is 15.1. The molecule has 1 saturated heterocycles. The summed E-state index contributed by atoms with van der Waals surface area (Å²) in [6.07, 6.45) is 3.38. The third-order valence-electron chi connectivity index (χ3n) is 4.98. The number of thiazole rings is 1. The summed E-state index contributed by atoms with van der Waals surface area (Å²) in [4.78, 5) is 12.1. The Morgan fingerprint density at radius 2 is 2.17 bits per heavy atom.